The summed E-state index contributed by atoms with van der Waals surface area (Å²) < 4.78 is 5.12. The molecule has 17 heavy (non-hydrogen) atoms. The summed E-state index contributed by atoms with van der Waals surface area (Å²) in [6, 6.07) is 6.72. The third kappa shape index (κ3) is 4.46. The fourth-order valence-corrected chi connectivity index (χ4v) is 1.33. The molecule has 0 bridgehead atoms. The Bertz CT molecular complexity index is 396. The average Bonchev–Trinajstić information content (AvgIpc) is 2.24. The predicted molar refractivity (Wildman–Crippen MR) is 66.8 cm³/mol. The molecule has 0 fully saturated rings. The first-order chi connectivity index (χ1) is 7.80. The molecule has 94 valence electrons. The lowest BCUT2D eigenvalue weighted by Gasteiger charge is -2.18. The van der Waals surface area contributed by atoms with E-state index in [0.717, 1.165) is 0 Å². The number of halogens is 1. The minimum absolute atomic E-state index is 0.0569. The molecule has 4 heteroatoms. The van der Waals surface area contributed by atoms with Gasteiger partial charge in [-0.1, -0.05) is 44.5 Å². The molecular weight excluding hydrogens is 240 g/mol. The first kappa shape index (κ1) is 14.2. The minimum atomic E-state index is -1.13. The van der Waals surface area contributed by atoms with E-state index in [9.17, 15) is 9.90 Å². The van der Waals surface area contributed by atoms with Crippen molar-refractivity contribution >= 4 is 17.4 Å². The Morgan fingerprint density at radius 3 is 2.65 bits per heavy atom. The highest BCUT2D eigenvalue weighted by molar-refractivity contribution is 6.30. The number of benzene rings is 1. The number of Topliss-reactive ketones (excluding diaryl/α,β-unsaturated/α-hetero) is 1. The summed E-state index contributed by atoms with van der Waals surface area (Å²) in [5, 5.41) is 10.2. The average molecular weight is 257 g/mol. The fourth-order valence-electron chi connectivity index (χ4n) is 1.13. The van der Waals surface area contributed by atoms with Gasteiger partial charge >= 0.3 is 0 Å². The molecule has 0 aromatic heterocycles. The summed E-state index contributed by atoms with van der Waals surface area (Å²) in [4.78, 5) is 11.6. The highest BCUT2D eigenvalue weighted by Gasteiger charge is 2.22. The standard InChI is InChI=1S/C13H17ClO3/c1-13(2,3)11(15)8-17-12(16)9-5-4-6-10(14)7-9/h4-7,12,16H,8H2,1-3H3/t12-/m0/s1. The number of ketones is 1. The van der Waals surface area contributed by atoms with Gasteiger partial charge in [0.25, 0.3) is 0 Å². The Morgan fingerprint density at radius 2 is 2.12 bits per heavy atom. The molecule has 1 aromatic carbocycles. The molecular formula is C13H17ClO3. The maximum Gasteiger partial charge on any atom is 0.181 e. The van der Waals surface area contributed by atoms with Crippen LogP contribution in [0.3, 0.4) is 0 Å². The molecule has 1 rings (SSSR count). The third-order valence-corrected chi connectivity index (χ3v) is 2.58. The molecule has 0 unspecified atom stereocenters. The van der Waals surface area contributed by atoms with Crippen LogP contribution in [0.5, 0.6) is 0 Å². The monoisotopic (exact) mass is 256 g/mol. The van der Waals surface area contributed by atoms with Crippen LogP contribution >= 0.6 is 11.6 Å². The van der Waals surface area contributed by atoms with Gasteiger partial charge in [0.1, 0.15) is 6.61 Å². The minimum Gasteiger partial charge on any atom is -0.364 e. The van der Waals surface area contributed by atoms with Gasteiger partial charge in [0.15, 0.2) is 12.1 Å². The summed E-state index contributed by atoms with van der Waals surface area (Å²) in [6.07, 6.45) is -1.13. The second-order valence-electron chi connectivity index (χ2n) is 4.89. The zero-order valence-corrected chi connectivity index (χ0v) is 11.0. The summed E-state index contributed by atoms with van der Waals surface area (Å²) in [5.74, 6) is -0.0569. The van der Waals surface area contributed by atoms with Gasteiger partial charge in [0, 0.05) is 16.0 Å². The van der Waals surface area contributed by atoms with E-state index in [1.165, 1.54) is 0 Å². The van der Waals surface area contributed by atoms with Crippen LogP contribution < -0.4 is 0 Å². The number of carbonyl (C=O) groups is 1. The van der Waals surface area contributed by atoms with Crippen molar-refractivity contribution in [3.05, 3.63) is 34.9 Å². The lowest BCUT2D eigenvalue weighted by Crippen LogP contribution is -2.25. The predicted octanol–water partition coefficient (Wildman–Crippen LogP) is 2.96. The van der Waals surface area contributed by atoms with Crippen molar-refractivity contribution in [1.29, 1.82) is 0 Å². The third-order valence-electron chi connectivity index (χ3n) is 2.34. The van der Waals surface area contributed by atoms with Crippen molar-refractivity contribution < 1.29 is 14.6 Å². The SMILES string of the molecule is CC(C)(C)C(=O)CO[C@H](O)c1cccc(Cl)c1. The van der Waals surface area contributed by atoms with Crippen molar-refractivity contribution in [2.45, 2.75) is 27.1 Å². The van der Waals surface area contributed by atoms with E-state index in [4.69, 9.17) is 16.3 Å². The summed E-state index contributed by atoms with van der Waals surface area (Å²) in [5.41, 5.74) is 0.0767. The van der Waals surface area contributed by atoms with Crippen LogP contribution in [-0.2, 0) is 9.53 Å². The van der Waals surface area contributed by atoms with Crippen LogP contribution in [0.4, 0.5) is 0 Å². The van der Waals surface area contributed by atoms with Crippen LogP contribution in [0.15, 0.2) is 24.3 Å². The number of ether oxygens (including phenoxy) is 1. The molecule has 3 nitrogen and oxygen atoms in total. The van der Waals surface area contributed by atoms with Gasteiger partial charge in [-0.15, -0.1) is 0 Å². The van der Waals surface area contributed by atoms with Crippen LogP contribution in [0.2, 0.25) is 5.02 Å². The highest BCUT2D eigenvalue weighted by atomic mass is 35.5. The molecule has 0 aliphatic rings. The number of aliphatic hydroxyl groups is 1. The molecule has 0 spiro atoms. The second kappa shape index (κ2) is 5.63. The van der Waals surface area contributed by atoms with Crippen LogP contribution in [-0.4, -0.2) is 17.5 Å². The van der Waals surface area contributed by atoms with Crippen molar-refractivity contribution in [1.82, 2.24) is 0 Å². The van der Waals surface area contributed by atoms with Gasteiger partial charge < -0.3 is 9.84 Å². The van der Waals surface area contributed by atoms with Gasteiger partial charge in [-0.2, -0.15) is 0 Å². The van der Waals surface area contributed by atoms with E-state index < -0.39 is 11.7 Å². The quantitative estimate of drug-likeness (QED) is 0.843. The zero-order chi connectivity index (χ0) is 13.1. The first-order valence-corrected chi connectivity index (χ1v) is 5.77. The number of hydrogen-bond acceptors (Lipinski definition) is 3. The Hall–Kier alpha value is -0.900. The number of carbonyl (C=O) groups excluding carboxylic acids is 1. The molecule has 0 aliphatic carbocycles. The normalized spacial score (nSPS) is 13.5. The van der Waals surface area contributed by atoms with Gasteiger partial charge in [-0.3, -0.25) is 4.79 Å². The van der Waals surface area contributed by atoms with Crippen molar-refractivity contribution in [2.75, 3.05) is 6.61 Å². The highest BCUT2D eigenvalue weighted by Crippen LogP contribution is 2.20. The molecule has 1 atom stereocenters. The molecule has 0 amide bonds. The zero-order valence-electron chi connectivity index (χ0n) is 10.2. The van der Waals surface area contributed by atoms with E-state index in [1.807, 2.05) is 20.8 Å². The van der Waals surface area contributed by atoms with Gasteiger partial charge in [-0.25, -0.2) is 0 Å². The molecule has 0 saturated heterocycles. The second-order valence-corrected chi connectivity index (χ2v) is 5.33. The van der Waals surface area contributed by atoms with Gasteiger partial charge in [0.05, 0.1) is 0 Å². The Labute approximate surface area is 106 Å². The molecule has 0 saturated carbocycles. The molecule has 0 aliphatic heterocycles. The molecule has 1 N–H and O–H groups in total. The van der Waals surface area contributed by atoms with Crippen LogP contribution in [0, 0.1) is 5.41 Å². The molecule has 1 aromatic rings. The van der Waals surface area contributed by atoms with Crippen molar-refractivity contribution in [2.24, 2.45) is 5.41 Å². The van der Waals surface area contributed by atoms with Crippen LogP contribution in [0.1, 0.15) is 32.6 Å². The Balaban J connectivity index is 2.56. The summed E-state index contributed by atoms with van der Waals surface area (Å²) >= 11 is 5.79. The van der Waals surface area contributed by atoms with Crippen LogP contribution in [0.25, 0.3) is 0 Å². The maximum absolute atomic E-state index is 11.6. The van der Waals surface area contributed by atoms with E-state index in [-0.39, 0.29) is 12.4 Å². The number of rotatable bonds is 4. The number of hydrogen-bond donors (Lipinski definition) is 1. The van der Waals surface area contributed by atoms with E-state index in [0.29, 0.717) is 10.6 Å². The smallest absolute Gasteiger partial charge is 0.181 e. The van der Waals surface area contributed by atoms with E-state index in [1.54, 1.807) is 24.3 Å². The topological polar surface area (TPSA) is 46.5 Å². The van der Waals surface area contributed by atoms with E-state index >= 15 is 0 Å². The van der Waals surface area contributed by atoms with Gasteiger partial charge in [0.2, 0.25) is 0 Å². The largest absolute Gasteiger partial charge is 0.364 e. The lowest BCUT2D eigenvalue weighted by molar-refractivity contribution is -0.147. The lowest BCUT2D eigenvalue weighted by atomic mass is 9.91. The summed E-state index contributed by atoms with van der Waals surface area (Å²) in [6.45, 7) is 5.32. The summed E-state index contributed by atoms with van der Waals surface area (Å²) in [7, 11) is 0. The van der Waals surface area contributed by atoms with E-state index in [2.05, 4.69) is 0 Å². The van der Waals surface area contributed by atoms with Crippen molar-refractivity contribution in [3.63, 3.8) is 0 Å². The Morgan fingerprint density at radius 1 is 1.47 bits per heavy atom. The molecule has 0 radical (unpaired) electrons. The Kier molecular flexibility index (Phi) is 4.69. The molecule has 0 heterocycles. The fraction of sp³-hybridized carbons (Fsp3) is 0.462. The van der Waals surface area contributed by atoms with Crippen molar-refractivity contribution in [3.8, 4) is 0 Å². The first-order valence-electron chi connectivity index (χ1n) is 5.39. The number of aliphatic hydroxyl groups excluding tert-OH is 1. The van der Waals surface area contributed by atoms with Gasteiger partial charge in [-0.05, 0) is 12.1 Å². The maximum atomic E-state index is 11.6.